The van der Waals surface area contributed by atoms with E-state index in [-0.39, 0.29) is 6.61 Å². The smallest absolute Gasteiger partial charge is 0.186 e. The van der Waals surface area contributed by atoms with Crippen molar-refractivity contribution in [2.45, 2.75) is 127 Å². The Morgan fingerprint density at radius 1 is 0.941 bits per heavy atom. The van der Waals surface area contributed by atoms with Crippen LogP contribution < -0.4 is 0 Å². The monoisotopic (exact) mass is 487 g/mol. The Morgan fingerprint density at radius 2 is 1.53 bits per heavy atom. The van der Waals surface area contributed by atoms with Crippen LogP contribution in [-0.4, -0.2) is 81.6 Å². The molecule has 10 heteroatoms. The van der Waals surface area contributed by atoms with Gasteiger partial charge in [0, 0.05) is 4.91 Å². The second-order valence-electron chi connectivity index (χ2n) is 9.05. The number of hydrogen-bond donors (Lipinski definition) is 5. The van der Waals surface area contributed by atoms with E-state index in [1.54, 1.807) is 6.08 Å². The molecule has 3 unspecified atom stereocenters. The molecule has 1 aliphatic rings. The summed E-state index contributed by atoms with van der Waals surface area (Å²) in [6.45, 7) is 1.38. The SMILES string of the molecule is CCCCCCCCCCCCCC=CC(O)C(COC1O[C@H](CO)[C@H](O)[C@H](O)[C@H]1O)N=[N+]=[N-]. The fourth-order valence-corrected chi connectivity index (χ4v) is 3.96. The van der Waals surface area contributed by atoms with Gasteiger partial charge in [-0.05, 0) is 18.4 Å². The van der Waals surface area contributed by atoms with E-state index in [1.165, 1.54) is 57.8 Å². The Morgan fingerprint density at radius 3 is 2.09 bits per heavy atom. The van der Waals surface area contributed by atoms with Crippen LogP contribution in [0.1, 0.15) is 84.0 Å². The highest BCUT2D eigenvalue weighted by atomic mass is 16.7. The van der Waals surface area contributed by atoms with Gasteiger partial charge in [0.05, 0.1) is 25.4 Å². The summed E-state index contributed by atoms with van der Waals surface area (Å²) in [5.74, 6) is 0. The topological polar surface area (TPSA) is 168 Å². The van der Waals surface area contributed by atoms with Crippen molar-refractivity contribution in [2.75, 3.05) is 13.2 Å². The van der Waals surface area contributed by atoms with E-state index in [4.69, 9.17) is 15.0 Å². The van der Waals surface area contributed by atoms with Crippen LogP contribution in [-0.2, 0) is 9.47 Å². The number of ether oxygens (including phenoxy) is 2. The van der Waals surface area contributed by atoms with Gasteiger partial charge >= 0.3 is 0 Å². The van der Waals surface area contributed by atoms with Gasteiger partial charge in [-0.1, -0.05) is 88.4 Å². The van der Waals surface area contributed by atoms with Crippen LogP contribution in [0.15, 0.2) is 17.3 Å². The first kappa shape index (κ1) is 30.8. The molecule has 0 aromatic carbocycles. The van der Waals surface area contributed by atoms with Gasteiger partial charge in [0.15, 0.2) is 6.29 Å². The van der Waals surface area contributed by atoms with E-state index in [9.17, 15) is 25.5 Å². The molecule has 7 atom stereocenters. The Kier molecular flexibility index (Phi) is 17.2. The molecular weight excluding hydrogens is 442 g/mol. The zero-order valence-electron chi connectivity index (χ0n) is 20.5. The zero-order valence-corrected chi connectivity index (χ0v) is 20.5. The van der Waals surface area contributed by atoms with Crippen LogP contribution in [0, 0.1) is 0 Å². The molecule has 10 nitrogen and oxygen atoms in total. The van der Waals surface area contributed by atoms with E-state index in [0.717, 1.165) is 19.3 Å². The largest absolute Gasteiger partial charge is 0.394 e. The van der Waals surface area contributed by atoms with Gasteiger partial charge < -0.3 is 35.0 Å². The molecule has 5 N–H and O–H groups in total. The normalized spacial score (nSPS) is 26.9. The first-order chi connectivity index (χ1) is 16.5. The summed E-state index contributed by atoms with van der Waals surface area (Å²) in [5.41, 5.74) is 8.80. The number of unbranched alkanes of at least 4 members (excludes halogenated alkanes) is 11. The van der Waals surface area contributed by atoms with E-state index in [2.05, 4.69) is 16.9 Å². The Bertz CT molecular complexity index is 587. The van der Waals surface area contributed by atoms with Gasteiger partial charge in [0.25, 0.3) is 0 Å². The first-order valence-corrected chi connectivity index (χ1v) is 12.8. The van der Waals surface area contributed by atoms with Crippen LogP contribution in [0.4, 0.5) is 0 Å². The summed E-state index contributed by atoms with van der Waals surface area (Å²) in [4.78, 5) is 2.73. The number of hydrogen-bond acceptors (Lipinski definition) is 8. The molecule has 0 aromatic heterocycles. The number of rotatable bonds is 19. The van der Waals surface area contributed by atoms with Crippen LogP contribution in [0.2, 0.25) is 0 Å². The highest BCUT2D eigenvalue weighted by molar-refractivity contribution is 4.96. The zero-order chi connectivity index (χ0) is 25.2. The minimum atomic E-state index is -1.57. The van der Waals surface area contributed by atoms with Gasteiger partial charge in [-0.25, -0.2) is 0 Å². The maximum atomic E-state index is 10.3. The fraction of sp³-hybridized carbons (Fsp3) is 0.917. The highest BCUT2D eigenvalue weighted by Gasteiger charge is 2.44. The molecule has 1 fully saturated rings. The first-order valence-electron chi connectivity index (χ1n) is 12.8. The minimum Gasteiger partial charge on any atom is -0.394 e. The van der Waals surface area contributed by atoms with Crippen LogP contribution in [0.3, 0.4) is 0 Å². The number of aliphatic hydroxyl groups is 5. The maximum absolute atomic E-state index is 10.3. The number of allylic oxidation sites excluding steroid dienone is 1. The summed E-state index contributed by atoms with van der Waals surface area (Å²) < 4.78 is 10.6. The molecule has 0 spiro atoms. The summed E-state index contributed by atoms with van der Waals surface area (Å²) in [5, 5.41) is 52.8. The van der Waals surface area contributed by atoms with E-state index < -0.39 is 49.5 Å². The quantitative estimate of drug-likeness (QED) is 0.0613. The van der Waals surface area contributed by atoms with Crippen molar-refractivity contribution in [1.29, 1.82) is 0 Å². The molecule has 0 bridgehead atoms. The third-order valence-corrected chi connectivity index (χ3v) is 6.18. The summed E-state index contributed by atoms with van der Waals surface area (Å²) in [6, 6.07) is -0.967. The molecule has 198 valence electrons. The average molecular weight is 488 g/mol. The average Bonchev–Trinajstić information content (AvgIpc) is 2.84. The summed E-state index contributed by atoms with van der Waals surface area (Å²) in [7, 11) is 0. The number of azide groups is 1. The lowest BCUT2D eigenvalue weighted by atomic mass is 9.99. The van der Waals surface area contributed by atoms with E-state index in [1.807, 2.05) is 6.08 Å². The van der Waals surface area contributed by atoms with Gasteiger partial charge in [-0.15, -0.1) is 0 Å². The second kappa shape index (κ2) is 19.0. The molecule has 0 radical (unpaired) electrons. The molecule has 1 rings (SSSR count). The molecule has 1 aliphatic heterocycles. The molecule has 0 saturated carbocycles. The third kappa shape index (κ3) is 12.0. The molecule has 0 aliphatic carbocycles. The van der Waals surface area contributed by atoms with Crippen molar-refractivity contribution in [3.8, 4) is 0 Å². The lowest BCUT2D eigenvalue weighted by Crippen LogP contribution is -2.59. The van der Waals surface area contributed by atoms with Gasteiger partial charge in [-0.3, -0.25) is 0 Å². The fourth-order valence-electron chi connectivity index (χ4n) is 3.96. The Balaban J connectivity index is 2.26. The van der Waals surface area contributed by atoms with Crippen molar-refractivity contribution in [1.82, 2.24) is 0 Å². The van der Waals surface area contributed by atoms with Crippen LogP contribution in [0.25, 0.3) is 10.4 Å². The molecule has 1 heterocycles. The maximum Gasteiger partial charge on any atom is 0.186 e. The van der Waals surface area contributed by atoms with E-state index >= 15 is 0 Å². The predicted octanol–water partition coefficient (Wildman–Crippen LogP) is 3.10. The molecule has 0 aromatic rings. The molecule has 1 saturated heterocycles. The van der Waals surface area contributed by atoms with Crippen molar-refractivity contribution < 1.29 is 35.0 Å². The van der Waals surface area contributed by atoms with Crippen molar-refractivity contribution >= 4 is 0 Å². The number of nitrogens with zero attached hydrogens (tertiary/aromatic N) is 3. The highest BCUT2D eigenvalue weighted by Crippen LogP contribution is 2.22. The van der Waals surface area contributed by atoms with E-state index in [0.29, 0.717) is 0 Å². The summed E-state index contributed by atoms with van der Waals surface area (Å²) >= 11 is 0. The molecule has 0 amide bonds. The predicted molar refractivity (Wildman–Crippen MR) is 129 cm³/mol. The van der Waals surface area contributed by atoms with Gasteiger partial charge in [-0.2, -0.15) is 0 Å². The number of aliphatic hydroxyl groups excluding tert-OH is 5. The van der Waals surface area contributed by atoms with Crippen LogP contribution >= 0.6 is 0 Å². The second-order valence-corrected chi connectivity index (χ2v) is 9.05. The van der Waals surface area contributed by atoms with Gasteiger partial charge in [0.1, 0.15) is 24.4 Å². The lowest BCUT2D eigenvalue weighted by molar-refractivity contribution is -0.302. The Labute approximate surface area is 203 Å². The van der Waals surface area contributed by atoms with Crippen LogP contribution in [0.5, 0.6) is 0 Å². The Hall–Kier alpha value is -1.23. The van der Waals surface area contributed by atoms with Gasteiger partial charge in [0.2, 0.25) is 0 Å². The molecule has 34 heavy (non-hydrogen) atoms. The minimum absolute atomic E-state index is 0.281. The standard InChI is InChI=1S/C24H45N3O7/c1-2-3-4-5-6-7-8-9-10-11-12-13-14-15-19(29)18(26-27-25)17-33-24-23(32)22(31)21(30)20(16-28)34-24/h14-15,18-24,28-32H,2-13,16-17H2,1H3/t18?,19?,20-,21+,22+,23-,24?/m1/s1. The van der Waals surface area contributed by atoms with Crippen molar-refractivity contribution in [3.05, 3.63) is 22.6 Å². The summed E-state index contributed by atoms with van der Waals surface area (Å²) in [6.07, 6.45) is 9.99. The third-order valence-electron chi connectivity index (χ3n) is 6.18. The lowest BCUT2D eigenvalue weighted by Gasteiger charge is -2.39. The van der Waals surface area contributed by atoms with Crippen molar-refractivity contribution in [2.24, 2.45) is 5.11 Å². The molecular formula is C24H45N3O7. The van der Waals surface area contributed by atoms with Crippen molar-refractivity contribution in [3.63, 3.8) is 0 Å².